The number of carbonyl (C=O) groups excluding carboxylic acids is 1. The smallest absolute Gasteiger partial charge is 0.438 e. The fraction of sp³-hybridized carbons (Fsp3) is 0.333. The molecule has 1 aromatic carbocycles. The van der Waals surface area contributed by atoms with Gasteiger partial charge in [0.25, 0.3) is 11.6 Å². The van der Waals surface area contributed by atoms with E-state index < -0.39 is 24.2 Å². The number of ether oxygens (including phenoxy) is 1. The van der Waals surface area contributed by atoms with Crippen molar-refractivity contribution >= 4 is 12.1 Å². The summed E-state index contributed by atoms with van der Waals surface area (Å²) in [4.78, 5) is 12.0. The third kappa shape index (κ3) is 2.22. The molecule has 0 aliphatic carbocycles. The first-order valence-corrected chi connectivity index (χ1v) is 5.60. The Labute approximate surface area is 112 Å². The maximum Gasteiger partial charge on any atom is 0.438 e. The molecule has 5 nitrogen and oxygen atoms in total. The maximum atomic E-state index is 12.8. The first-order valence-electron chi connectivity index (χ1n) is 5.60. The van der Waals surface area contributed by atoms with Gasteiger partial charge in [-0.25, -0.2) is 0 Å². The average Bonchev–Trinajstić information content (AvgIpc) is 2.81. The molecule has 1 heterocycles. The number of alkyl halides is 3. The Bertz CT molecular complexity index is 542. The number of aliphatic hydroxyl groups is 1. The summed E-state index contributed by atoms with van der Waals surface area (Å²) >= 11 is 0. The molecule has 0 fully saturated rings. The Morgan fingerprint density at radius 3 is 2.50 bits per heavy atom. The van der Waals surface area contributed by atoms with Crippen molar-refractivity contribution in [3.05, 3.63) is 29.8 Å². The van der Waals surface area contributed by atoms with Crippen LogP contribution in [0.1, 0.15) is 16.8 Å². The Morgan fingerprint density at radius 2 is 2.00 bits per heavy atom. The molecule has 0 bridgehead atoms. The molecule has 1 unspecified atom stereocenters. The number of halogens is 3. The summed E-state index contributed by atoms with van der Waals surface area (Å²) in [5.41, 5.74) is -3.34. The highest BCUT2D eigenvalue weighted by Gasteiger charge is 2.61. The van der Waals surface area contributed by atoms with Crippen LogP contribution in [0.4, 0.5) is 13.2 Å². The third-order valence-corrected chi connectivity index (χ3v) is 2.91. The topological polar surface area (TPSA) is 62.1 Å². The standard InChI is InChI=1S/C12H11F3N2O3/c1-20-9-4-2-8(3-5-9)10(18)17-11(19,6-7-16-17)12(13,14)15/h2-5,7,19H,6H2,1H3. The highest BCUT2D eigenvalue weighted by Crippen LogP contribution is 2.39. The Hall–Kier alpha value is -2.09. The van der Waals surface area contributed by atoms with E-state index in [-0.39, 0.29) is 10.6 Å². The monoisotopic (exact) mass is 288 g/mol. The lowest BCUT2D eigenvalue weighted by molar-refractivity contribution is -0.297. The summed E-state index contributed by atoms with van der Waals surface area (Å²) in [6, 6.07) is 5.46. The number of hydrogen-bond donors (Lipinski definition) is 1. The molecule has 1 amide bonds. The van der Waals surface area contributed by atoms with Gasteiger partial charge in [-0.1, -0.05) is 0 Å². The second-order valence-electron chi connectivity index (χ2n) is 4.16. The third-order valence-electron chi connectivity index (χ3n) is 2.91. The highest BCUT2D eigenvalue weighted by molar-refractivity contribution is 5.95. The minimum Gasteiger partial charge on any atom is -0.497 e. The molecule has 1 aromatic rings. The van der Waals surface area contributed by atoms with Gasteiger partial charge in [0.2, 0.25) is 0 Å². The fourth-order valence-corrected chi connectivity index (χ4v) is 1.74. The quantitative estimate of drug-likeness (QED) is 0.902. The van der Waals surface area contributed by atoms with Crippen LogP contribution in [0.5, 0.6) is 5.75 Å². The van der Waals surface area contributed by atoms with E-state index in [4.69, 9.17) is 4.74 Å². The van der Waals surface area contributed by atoms with Crippen LogP contribution in [0.25, 0.3) is 0 Å². The number of hydrazone groups is 1. The van der Waals surface area contributed by atoms with Gasteiger partial charge in [-0.15, -0.1) is 0 Å². The lowest BCUT2D eigenvalue weighted by Crippen LogP contribution is -2.56. The van der Waals surface area contributed by atoms with Crippen LogP contribution in [0, 0.1) is 0 Å². The van der Waals surface area contributed by atoms with Gasteiger partial charge in [0.15, 0.2) is 0 Å². The van der Waals surface area contributed by atoms with E-state index in [9.17, 15) is 23.1 Å². The molecular formula is C12H11F3N2O3. The number of nitrogens with zero attached hydrogens (tertiary/aromatic N) is 2. The average molecular weight is 288 g/mol. The zero-order chi connectivity index (χ0) is 15.0. The molecule has 108 valence electrons. The SMILES string of the molecule is COc1ccc(C(=O)N2N=CCC2(O)C(F)(F)F)cc1. The van der Waals surface area contributed by atoms with Crippen molar-refractivity contribution < 1.29 is 27.8 Å². The van der Waals surface area contributed by atoms with E-state index in [0.717, 1.165) is 6.21 Å². The van der Waals surface area contributed by atoms with Gasteiger partial charge in [0.05, 0.1) is 7.11 Å². The molecule has 0 saturated heterocycles. The van der Waals surface area contributed by atoms with Gasteiger partial charge in [-0.3, -0.25) is 4.79 Å². The molecule has 1 atom stereocenters. The van der Waals surface area contributed by atoms with Crippen LogP contribution >= 0.6 is 0 Å². The van der Waals surface area contributed by atoms with Crippen LogP contribution in [-0.4, -0.2) is 41.2 Å². The van der Waals surface area contributed by atoms with E-state index in [1.54, 1.807) is 0 Å². The molecule has 20 heavy (non-hydrogen) atoms. The van der Waals surface area contributed by atoms with Crippen LogP contribution in [0.15, 0.2) is 29.4 Å². The predicted octanol–water partition coefficient (Wildman–Crippen LogP) is 1.78. The highest BCUT2D eigenvalue weighted by atomic mass is 19.4. The summed E-state index contributed by atoms with van der Waals surface area (Å²) in [7, 11) is 1.42. The van der Waals surface area contributed by atoms with Crippen molar-refractivity contribution in [3.8, 4) is 5.75 Å². The summed E-state index contributed by atoms with van der Waals surface area (Å²) in [6.07, 6.45) is -4.93. The van der Waals surface area contributed by atoms with Gasteiger partial charge in [-0.2, -0.15) is 23.3 Å². The lowest BCUT2D eigenvalue weighted by Gasteiger charge is -2.32. The van der Waals surface area contributed by atoms with Gasteiger partial charge in [0.1, 0.15) is 5.75 Å². The number of carbonyl (C=O) groups is 1. The fourth-order valence-electron chi connectivity index (χ4n) is 1.74. The van der Waals surface area contributed by atoms with Gasteiger partial charge in [0, 0.05) is 18.2 Å². The number of benzene rings is 1. The van der Waals surface area contributed by atoms with Crippen molar-refractivity contribution in [2.75, 3.05) is 7.11 Å². The number of hydrogen-bond acceptors (Lipinski definition) is 4. The van der Waals surface area contributed by atoms with E-state index in [1.165, 1.54) is 31.4 Å². The summed E-state index contributed by atoms with van der Waals surface area (Å²) < 4.78 is 43.4. The molecular weight excluding hydrogens is 277 g/mol. The number of methoxy groups -OCH3 is 1. The molecule has 0 radical (unpaired) electrons. The summed E-state index contributed by atoms with van der Waals surface area (Å²) in [5, 5.41) is 13.0. The Balaban J connectivity index is 2.30. The maximum absolute atomic E-state index is 12.8. The van der Waals surface area contributed by atoms with Crippen molar-refractivity contribution in [2.24, 2.45) is 5.10 Å². The Morgan fingerprint density at radius 1 is 1.40 bits per heavy atom. The number of amides is 1. The van der Waals surface area contributed by atoms with Crippen LogP contribution < -0.4 is 4.74 Å². The van der Waals surface area contributed by atoms with Crippen LogP contribution in [0.2, 0.25) is 0 Å². The van der Waals surface area contributed by atoms with E-state index in [2.05, 4.69) is 5.10 Å². The minimum atomic E-state index is -4.99. The molecule has 1 aliphatic heterocycles. The van der Waals surface area contributed by atoms with Crippen molar-refractivity contribution in [1.29, 1.82) is 0 Å². The predicted molar refractivity (Wildman–Crippen MR) is 63.3 cm³/mol. The number of rotatable bonds is 2. The van der Waals surface area contributed by atoms with Gasteiger partial charge >= 0.3 is 6.18 Å². The lowest BCUT2D eigenvalue weighted by atomic mass is 10.1. The Kier molecular flexibility index (Phi) is 3.43. The van der Waals surface area contributed by atoms with Crippen molar-refractivity contribution in [1.82, 2.24) is 5.01 Å². The molecule has 0 saturated carbocycles. The van der Waals surface area contributed by atoms with Crippen LogP contribution in [-0.2, 0) is 0 Å². The summed E-state index contributed by atoms with van der Waals surface area (Å²) in [6.45, 7) is 0. The molecule has 1 aliphatic rings. The zero-order valence-electron chi connectivity index (χ0n) is 10.4. The first kappa shape index (κ1) is 14.3. The largest absolute Gasteiger partial charge is 0.497 e. The molecule has 0 spiro atoms. The molecule has 8 heteroatoms. The van der Waals surface area contributed by atoms with Crippen LogP contribution in [0.3, 0.4) is 0 Å². The van der Waals surface area contributed by atoms with E-state index in [0.29, 0.717) is 5.75 Å². The minimum absolute atomic E-state index is 0.0347. The second kappa shape index (κ2) is 4.78. The molecule has 0 aromatic heterocycles. The zero-order valence-corrected chi connectivity index (χ0v) is 10.4. The molecule has 1 N–H and O–H groups in total. The normalized spacial score (nSPS) is 22.1. The van der Waals surface area contributed by atoms with Gasteiger partial charge in [-0.05, 0) is 24.3 Å². The first-order chi connectivity index (χ1) is 9.29. The van der Waals surface area contributed by atoms with E-state index >= 15 is 0 Å². The van der Waals surface area contributed by atoms with E-state index in [1.807, 2.05) is 0 Å². The van der Waals surface area contributed by atoms with Gasteiger partial charge < -0.3 is 9.84 Å². The van der Waals surface area contributed by atoms with Crippen molar-refractivity contribution in [2.45, 2.75) is 18.3 Å². The second-order valence-corrected chi connectivity index (χ2v) is 4.16. The summed E-state index contributed by atoms with van der Waals surface area (Å²) in [5.74, 6) is -0.584. The molecule has 2 rings (SSSR count). The van der Waals surface area contributed by atoms with Crippen molar-refractivity contribution in [3.63, 3.8) is 0 Å².